The van der Waals surface area contributed by atoms with Gasteiger partial charge < -0.3 is 15.5 Å². The molecular weight excluding hydrogens is 361 g/mol. The second kappa shape index (κ2) is 7.76. The minimum atomic E-state index is -0.233. The van der Waals surface area contributed by atoms with Gasteiger partial charge in [-0.1, -0.05) is 29.3 Å². The Morgan fingerprint density at radius 1 is 1.12 bits per heavy atom. The van der Waals surface area contributed by atoms with Crippen molar-refractivity contribution in [3.8, 4) is 0 Å². The summed E-state index contributed by atoms with van der Waals surface area (Å²) in [5, 5.41) is 6.45. The van der Waals surface area contributed by atoms with E-state index in [1.807, 2.05) is 24.3 Å². The highest BCUT2D eigenvalue weighted by molar-refractivity contribution is 6.44. The average Bonchev–Trinajstić information content (AvgIpc) is 3.04. The summed E-state index contributed by atoms with van der Waals surface area (Å²) in [5.41, 5.74) is 2.15. The van der Waals surface area contributed by atoms with Crippen molar-refractivity contribution in [2.45, 2.75) is 12.8 Å². The lowest BCUT2D eigenvalue weighted by Gasteiger charge is -2.16. The van der Waals surface area contributed by atoms with Crippen molar-refractivity contribution in [2.24, 2.45) is 0 Å². The first-order valence-electron chi connectivity index (χ1n) is 7.93. The molecular formula is C18H17Cl2N3O2. The van der Waals surface area contributed by atoms with Gasteiger partial charge in [-0.05, 0) is 42.8 Å². The van der Waals surface area contributed by atoms with E-state index in [9.17, 15) is 9.59 Å². The van der Waals surface area contributed by atoms with Gasteiger partial charge in [0, 0.05) is 24.3 Å². The van der Waals surface area contributed by atoms with Crippen molar-refractivity contribution in [1.29, 1.82) is 0 Å². The molecule has 0 saturated carbocycles. The van der Waals surface area contributed by atoms with Gasteiger partial charge in [-0.15, -0.1) is 0 Å². The first-order valence-corrected chi connectivity index (χ1v) is 8.68. The van der Waals surface area contributed by atoms with Gasteiger partial charge in [0.1, 0.15) is 0 Å². The molecule has 2 aromatic carbocycles. The number of amides is 2. The summed E-state index contributed by atoms with van der Waals surface area (Å²) in [5.74, 6) is -0.0820. The van der Waals surface area contributed by atoms with Gasteiger partial charge in [-0.25, -0.2) is 0 Å². The third-order valence-electron chi connectivity index (χ3n) is 3.93. The number of carbonyl (C=O) groups is 2. The Hall–Kier alpha value is -2.24. The van der Waals surface area contributed by atoms with Crippen LogP contribution in [0.15, 0.2) is 42.5 Å². The topological polar surface area (TPSA) is 61.4 Å². The average molecular weight is 378 g/mol. The summed E-state index contributed by atoms with van der Waals surface area (Å²) < 4.78 is 0. The van der Waals surface area contributed by atoms with Crippen LogP contribution in [-0.4, -0.2) is 24.9 Å². The lowest BCUT2D eigenvalue weighted by molar-refractivity contribution is -0.117. The summed E-state index contributed by atoms with van der Waals surface area (Å²) in [6.07, 6.45) is 1.50. The normalized spacial score (nSPS) is 13.8. The number of halogens is 2. The zero-order valence-electron chi connectivity index (χ0n) is 13.4. The lowest BCUT2D eigenvalue weighted by atomic mass is 10.2. The molecule has 1 heterocycles. The van der Waals surface area contributed by atoms with Crippen molar-refractivity contribution in [3.05, 3.63) is 52.5 Å². The van der Waals surface area contributed by atoms with Crippen LogP contribution < -0.4 is 15.5 Å². The molecule has 25 heavy (non-hydrogen) atoms. The van der Waals surface area contributed by atoms with E-state index in [2.05, 4.69) is 10.6 Å². The van der Waals surface area contributed by atoms with Gasteiger partial charge in [0.05, 0.1) is 22.3 Å². The van der Waals surface area contributed by atoms with Crippen molar-refractivity contribution in [1.82, 2.24) is 0 Å². The summed E-state index contributed by atoms with van der Waals surface area (Å²) in [6, 6.07) is 12.5. The Kier molecular flexibility index (Phi) is 5.46. The Balaban J connectivity index is 1.55. The monoisotopic (exact) mass is 377 g/mol. The van der Waals surface area contributed by atoms with Crippen molar-refractivity contribution in [3.63, 3.8) is 0 Å². The number of rotatable bonds is 5. The molecule has 0 atom stereocenters. The highest BCUT2D eigenvalue weighted by Crippen LogP contribution is 2.29. The summed E-state index contributed by atoms with van der Waals surface area (Å²) in [7, 11) is 0. The third kappa shape index (κ3) is 4.24. The van der Waals surface area contributed by atoms with Gasteiger partial charge in [-0.2, -0.15) is 0 Å². The van der Waals surface area contributed by atoms with Crippen LogP contribution >= 0.6 is 23.2 Å². The van der Waals surface area contributed by atoms with Crippen LogP contribution in [0, 0.1) is 0 Å². The molecule has 1 fully saturated rings. The predicted molar refractivity (Wildman–Crippen MR) is 102 cm³/mol. The van der Waals surface area contributed by atoms with E-state index < -0.39 is 0 Å². The molecule has 3 rings (SSSR count). The molecule has 0 spiro atoms. The molecule has 0 radical (unpaired) electrons. The molecule has 7 heteroatoms. The van der Waals surface area contributed by atoms with E-state index in [1.54, 1.807) is 23.1 Å². The second-order valence-corrected chi connectivity index (χ2v) is 6.48. The van der Waals surface area contributed by atoms with Crippen molar-refractivity contribution < 1.29 is 9.59 Å². The first-order chi connectivity index (χ1) is 12.0. The summed E-state index contributed by atoms with van der Waals surface area (Å²) in [4.78, 5) is 25.6. The Morgan fingerprint density at radius 2 is 1.88 bits per heavy atom. The number of anilines is 3. The number of hydrogen-bond donors (Lipinski definition) is 2. The zero-order valence-corrected chi connectivity index (χ0v) is 14.9. The predicted octanol–water partition coefficient (Wildman–Crippen LogP) is 4.17. The maximum absolute atomic E-state index is 12.0. The molecule has 0 unspecified atom stereocenters. The molecule has 1 aliphatic rings. The second-order valence-electron chi connectivity index (χ2n) is 5.70. The molecule has 1 aliphatic heterocycles. The minimum absolute atomic E-state index is 0.0881. The van der Waals surface area contributed by atoms with Gasteiger partial charge in [0.25, 0.3) is 0 Å². The van der Waals surface area contributed by atoms with E-state index in [4.69, 9.17) is 23.2 Å². The number of carbonyl (C=O) groups excluding carboxylic acids is 2. The Labute approximate surface area is 155 Å². The van der Waals surface area contributed by atoms with Crippen LogP contribution in [0.2, 0.25) is 10.0 Å². The first kappa shape index (κ1) is 17.6. The number of benzene rings is 2. The maximum Gasteiger partial charge on any atom is 0.243 e. The van der Waals surface area contributed by atoms with Crippen molar-refractivity contribution >= 4 is 52.1 Å². The van der Waals surface area contributed by atoms with E-state index in [-0.39, 0.29) is 18.4 Å². The molecule has 0 bridgehead atoms. The standard InChI is InChI=1S/C18H17Cl2N3O2/c19-14-3-1-4-15(18(14)20)22-16(24)11-21-12-6-8-13(9-7-12)23-10-2-5-17(23)25/h1,3-4,6-9,21H,2,5,10-11H2,(H,22,24). The fourth-order valence-corrected chi connectivity index (χ4v) is 3.01. The number of nitrogens with one attached hydrogen (secondary N) is 2. The minimum Gasteiger partial charge on any atom is -0.376 e. The zero-order chi connectivity index (χ0) is 17.8. The fraction of sp³-hybridized carbons (Fsp3) is 0.222. The largest absolute Gasteiger partial charge is 0.376 e. The van der Waals surface area contributed by atoms with Crippen LogP contribution in [0.1, 0.15) is 12.8 Å². The maximum atomic E-state index is 12.0. The molecule has 1 saturated heterocycles. The van der Waals surface area contributed by atoms with Crippen LogP contribution in [0.25, 0.3) is 0 Å². The molecule has 2 N–H and O–H groups in total. The Morgan fingerprint density at radius 3 is 2.56 bits per heavy atom. The number of nitrogens with zero attached hydrogens (tertiary/aromatic N) is 1. The number of hydrogen-bond acceptors (Lipinski definition) is 3. The molecule has 2 aromatic rings. The summed E-state index contributed by atoms with van der Waals surface area (Å²) >= 11 is 12.0. The summed E-state index contributed by atoms with van der Waals surface area (Å²) in [6.45, 7) is 0.846. The van der Waals surface area contributed by atoms with Crippen LogP contribution in [-0.2, 0) is 9.59 Å². The van der Waals surface area contributed by atoms with Gasteiger partial charge in [0.15, 0.2) is 0 Å². The fourth-order valence-electron chi connectivity index (χ4n) is 2.66. The SMILES string of the molecule is O=C(CNc1ccc(N2CCCC2=O)cc1)Nc1cccc(Cl)c1Cl. The van der Waals surface area contributed by atoms with Gasteiger partial charge in [-0.3, -0.25) is 9.59 Å². The molecule has 0 aromatic heterocycles. The third-order valence-corrected chi connectivity index (χ3v) is 4.75. The van der Waals surface area contributed by atoms with E-state index in [1.165, 1.54) is 0 Å². The van der Waals surface area contributed by atoms with Crippen LogP contribution in [0.3, 0.4) is 0 Å². The Bertz CT molecular complexity index is 793. The van der Waals surface area contributed by atoms with E-state index in [0.717, 1.165) is 24.3 Å². The molecule has 5 nitrogen and oxygen atoms in total. The van der Waals surface area contributed by atoms with Gasteiger partial charge >= 0.3 is 0 Å². The highest BCUT2D eigenvalue weighted by atomic mass is 35.5. The van der Waals surface area contributed by atoms with E-state index in [0.29, 0.717) is 22.2 Å². The molecule has 130 valence electrons. The smallest absolute Gasteiger partial charge is 0.243 e. The lowest BCUT2D eigenvalue weighted by Crippen LogP contribution is -2.24. The van der Waals surface area contributed by atoms with Crippen molar-refractivity contribution in [2.75, 3.05) is 28.6 Å². The van der Waals surface area contributed by atoms with E-state index >= 15 is 0 Å². The molecule has 2 amide bonds. The van der Waals surface area contributed by atoms with Crippen LogP contribution in [0.4, 0.5) is 17.1 Å². The van der Waals surface area contributed by atoms with Gasteiger partial charge in [0.2, 0.25) is 11.8 Å². The highest BCUT2D eigenvalue weighted by Gasteiger charge is 2.21. The quantitative estimate of drug-likeness (QED) is 0.821. The molecule has 0 aliphatic carbocycles. The van der Waals surface area contributed by atoms with Crippen LogP contribution in [0.5, 0.6) is 0 Å².